The third kappa shape index (κ3) is 3.47. The van der Waals surface area contributed by atoms with E-state index in [0.29, 0.717) is 0 Å². The molecule has 7 nitrogen and oxygen atoms in total. The van der Waals surface area contributed by atoms with E-state index < -0.39 is 29.8 Å². The van der Waals surface area contributed by atoms with Crippen LogP contribution in [-0.4, -0.2) is 52.1 Å². The summed E-state index contributed by atoms with van der Waals surface area (Å²) in [7, 11) is 0. The minimum atomic E-state index is -1.19. The Balaban J connectivity index is 2.78. The van der Waals surface area contributed by atoms with Crippen LogP contribution < -0.4 is 5.73 Å². The van der Waals surface area contributed by atoms with Gasteiger partial charge in [-0.15, -0.1) is 0 Å². The molecule has 1 rings (SSSR count). The van der Waals surface area contributed by atoms with Gasteiger partial charge in [-0.2, -0.15) is 0 Å². The molecule has 0 aromatic heterocycles. The molecule has 0 saturated carbocycles. The summed E-state index contributed by atoms with van der Waals surface area (Å²) in [4.78, 5) is 35.8. The second-order valence-corrected chi connectivity index (χ2v) is 5.37. The Bertz CT molecular complexity index is 398. The Morgan fingerprint density at radius 1 is 1.25 bits per heavy atom. The van der Waals surface area contributed by atoms with E-state index in [0.717, 1.165) is 6.42 Å². The quantitative estimate of drug-likeness (QED) is 0.653. The van der Waals surface area contributed by atoms with Crippen molar-refractivity contribution in [3.8, 4) is 0 Å². The van der Waals surface area contributed by atoms with Crippen molar-refractivity contribution in [1.29, 1.82) is 0 Å². The maximum Gasteiger partial charge on any atom is 0.309 e. The van der Waals surface area contributed by atoms with Crippen LogP contribution in [0.3, 0.4) is 0 Å². The van der Waals surface area contributed by atoms with Gasteiger partial charge >= 0.3 is 11.9 Å². The zero-order chi connectivity index (χ0) is 15.4. The maximum absolute atomic E-state index is 12.2. The number of piperidine rings is 1. The van der Waals surface area contributed by atoms with Gasteiger partial charge in [-0.25, -0.2) is 0 Å². The van der Waals surface area contributed by atoms with Crippen molar-refractivity contribution in [3.63, 3.8) is 0 Å². The molecule has 1 aliphatic heterocycles. The second-order valence-electron chi connectivity index (χ2n) is 5.37. The molecular weight excluding hydrogens is 264 g/mol. The predicted molar refractivity (Wildman–Crippen MR) is 70.9 cm³/mol. The van der Waals surface area contributed by atoms with Crippen LogP contribution in [0, 0.1) is 17.8 Å². The van der Waals surface area contributed by atoms with Gasteiger partial charge in [0.05, 0.1) is 17.9 Å². The van der Waals surface area contributed by atoms with E-state index in [1.807, 2.05) is 13.8 Å². The van der Waals surface area contributed by atoms with E-state index in [4.69, 9.17) is 15.9 Å². The number of likely N-dealkylation sites (tertiary alicyclic amines) is 1. The molecule has 0 aliphatic carbocycles. The van der Waals surface area contributed by atoms with Crippen molar-refractivity contribution < 1.29 is 24.6 Å². The molecule has 1 saturated heterocycles. The van der Waals surface area contributed by atoms with E-state index in [1.165, 1.54) is 4.90 Å². The molecule has 1 fully saturated rings. The van der Waals surface area contributed by atoms with Crippen molar-refractivity contribution >= 4 is 17.8 Å². The molecule has 20 heavy (non-hydrogen) atoms. The Morgan fingerprint density at radius 2 is 1.80 bits per heavy atom. The molecule has 0 radical (unpaired) electrons. The number of carbonyl (C=O) groups excluding carboxylic acids is 1. The summed E-state index contributed by atoms with van der Waals surface area (Å²) in [6.45, 7) is 3.94. The molecule has 114 valence electrons. The molecule has 4 unspecified atom stereocenters. The van der Waals surface area contributed by atoms with Crippen molar-refractivity contribution in [3.05, 3.63) is 0 Å². The van der Waals surface area contributed by atoms with Crippen LogP contribution in [0.15, 0.2) is 0 Å². The lowest BCUT2D eigenvalue weighted by Gasteiger charge is -2.36. The number of nitrogens with zero attached hydrogens (tertiary/aromatic N) is 1. The van der Waals surface area contributed by atoms with Crippen molar-refractivity contribution in [1.82, 2.24) is 4.90 Å². The standard InChI is InChI=1S/C13H22N2O5/c1-3-7(2)10(14)11(16)15-5-4-8(12(17)18)9(6-15)13(19)20/h7-10H,3-6,14H2,1-2H3,(H,17,18)(H,19,20). The normalized spacial score (nSPS) is 25.9. The Labute approximate surface area is 117 Å². The van der Waals surface area contributed by atoms with Gasteiger partial charge < -0.3 is 20.8 Å². The number of amides is 1. The highest BCUT2D eigenvalue weighted by molar-refractivity contribution is 5.85. The summed E-state index contributed by atoms with van der Waals surface area (Å²) in [5.41, 5.74) is 5.86. The van der Waals surface area contributed by atoms with E-state index in [-0.39, 0.29) is 31.3 Å². The van der Waals surface area contributed by atoms with Gasteiger partial charge in [0.25, 0.3) is 0 Å². The van der Waals surface area contributed by atoms with E-state index in [9.17, 15) is 14.4 Å². The maximum atomic E-state index is 12.2. The van der Waals surface area contributed by atoms with Crippen LogP contribution >= 0.6 is 0 Å². The summed E-state index contributed by atoms with van der Waals surface area (Å²) in [5, 5.41) is 18.1. The van der Waals surface area contributed by atoms with Crippen LogP contribution in [-0.2, 0) is 14.4 Å². The van der Waals surface area contributed by atoms with Crippen LogP contribution in [0.4, 0.5) is 0 Å². The average Bonchev–Trinajstić information content (AvgIpc) is 2.43. The summed E-state index contributed by atoms with van der Waals surface area (Å²) in [6, 6.07) is -0.671. The zero-order valence-corrected chi connectivity index (χ0v) is 11.8. The Morgan fingerprint density at radius 3 is 2.25 bits per heavy atom. The SMILES string of the molecule is CCC(C)C(N)C(=O)N1CCC(C(=O)O)C(C(=O)O)C1. The van der Waals surface area contributed by atoms with Crippen LogP contribution in [0.25, 0.3) is 0 Å². The molecule has 4 atom stereocenters. The van der Waals surface area contributed by atoms with Gasteiger partial charge in [-0.3, -0.25) is 14.4 Å². The van der Waals surface area contributed by atoms with E-state index >= 15 is 0 Å². The number of carboxylic acids is 2. The first-order valence-electron chi connectivity index (χ1n) is 6.79. The molecule has 0 aromatic carbocycles. The Kier molecular flexibility index (Phi) is 5.50. The lowest BCUT2D eigenvalue weighted by molar-refractivity contribution is -0.159. The largest absolute Gasteiger partial charge is 0.481 e. The Hall–Kier alpha value is -1.63. The molecule has 1 amide bonds. The average molecular weight is 286 g/mol. The summed E-state index contributed by atoms with van der Waals surface area (Å²) < 4.78 is 0. The lowest BCUT2D eigenvalue weighted by atomic mass is 9.85. The van der Waals surface area contributed by atoms with Crippen molar-refractivity contribution in [2.75, 3.05) is 13.1 Å². The summed E-state index contributed by atoms with van der Waals surface area (Å²) >= 11 is 0. The highest BCUT2D eigenvalue weighted by atomic mass is 16.4. The highest BCUT2D eigenvalue weighted by Gasteiger charge is 2.41. The zero-order valence-electron chi connectivity index (χ0n) is 11.8. The smallest absolute Gasteiger partial charge is 0.309 e. The number of aliphatic carboxylic acids is 2. The highest BCUT2D eigenvalue weighted by Crippen LogP contribution is 2.25. The van der Waals surface area contributed by atoms with Crippen LogP contribution in [0.5, 0.6) is 0 Å². The minimum Gasteiger partial charge on any atom is -0.481 e. The third-order valence-electron chi connectivity index (χ3n) is 4.10. The van der Waals surface area contributed by atoms with Crippen LogP contribution in [0.1, 0.15) is 26.7 Å². The van der Waals surface area contributed by atoms with Gasteiger partial charge in [-0.1, -0.05) is 20.3 Å². The summed E-state index contributed by atoms with van der Waals surface area (Å²) in [6.07, 6.45) is 0.895. The molecule has 1 aliphatic rings. The van der Waals surface area contributed by atoms with E-state index in [2.05, 4.69) is 0 Å². The number of carboxylic acid groups (broad SMARTS) is 2. The van der Waals surface area contributed by atoms with Crippen molar-refractivity contribution in [2.24, 2.45) is 23.5 Å². The van der Waals surface area contributed by atoms with Crippen molar-refractivity contribution in [2.45, 2.75) is 32.7 Å². The topological polar surface area (TPSA) is 121 Å². The number of rotatable bonds is 5. The van der Waals surface area contributed by atoms with Gasteiger partial charge in [0.1, 0.15) is 0 Å². The van der Waals surface area contributed by atoms with Gasteiger partial charge in [0.2, 0.25) is 5.91 Å². The van der Waals surface area contributed by atoms with Gasteiger partial charge in [0.15, 0.2) is 0 Å². The molecule has 0 bridgehead atoms. The number of hydrogen-bond donors (Lipinski definition) is 3. The molecule has 4 N–H and O–H groups in total. The first-order valence-corrected chi connectivity index (χ1v) is 6.79. The first kappa shape index (κ1) is 16.4. The van der Waals surface area contributed by atoms with Gasteiger partial charge in [0, 0.05) is 13.1 Å². The number of carbonyl (C=O) groups is 3. The summed E-state index contributed by atoms with van der Waals surface area (Å²) in [5.74, 6) is -4.63. The number of hydrogen-bond acceptors (Lipinski definition) is 4. The fraction of sp³-hybridized carbons (Fsp3) is 0.769. The molecule has 0 aromatic rings. The molecular formula is C13H22N2O5. The molecule has 7 heteroatoms. The fourth-order valence-corrected chi connectivity index (χ4v) is 2.41. The van der Waals surface area contributed by atoms with Gasteiger partial charge in [-0.05, 0) is 12.3 Å². The second kappa shape index (κ2) is 6.69. The minimum absolute atomic E-state index is 0.00275. The fourth-order valence-electron chi connectivity index (χ4n) is 2.41. The first-order chi connectivity index (χ1) is 9.29. The molecule has 0 spiro atoms. The number of nitrogens with two attached hydrogens (primary N) is 1. The third-order valence-corrected chi connectivity index (χ3v) is 4.10. The predicted octanol–water partition coefficient (Wildman–Crippen LogP) is -0.00630. The molecule has 1 heterocycles. The monoisotopic (exact) mass is 286 g/mol. The lowest BCUT2D eigenvalue weighted by Crippen LogP contribution is -2.54. The van der Waals surface area contributed by atoms with Crippen LogP contribution in [0.2, 0.25) is 0 Å². The van der Waals surface area contributed by atoms with E-state index in [1.54, 1.807) is 0 Å².